The summed E-state index contributed by atoms with van der Waals surface area (Å²) in [6, 6.07) is 0.686. The average molecular weight is 199 g/mol. The van der Waals surface area contributed by atoms with E-state index in [0.717, 1.165) is 11.8 Å². The number of hydrogen-bond acceptors (Lipinski definition) is 1. The Morgan fingerprint density at radius 1 is 0.857 bits per heavy atom. The van der Waals surface area contributed by atoms with Crippen LogP contribution in [-0.4, -0.2) is 12.6 Å². The van der Waals surface area contributed by atoms with Gasteiger partial charge in [0, 0.05) is 6.04 Å². The lowest BCUT2D eigenvalue weighted by Gasteiger charge is -2.24. The molecule has 1 unspecified atom stereocenters. The lowest BCUT2D eigenvalue weighted by molar-refractivity contribution is 0.325. The van der Waals surface area contributed by atoms with Gasteiger partial charge in [-0.2, -0.15) is 0 Å². The molecule has 0 amide bonds. The maximum atomic E-state index is 3.69. The van der Waals surface area contributed by atoms with Gasteiger partial charge in [-0.15, -0.1) is 0 Å². The van der Waals surface area contributed by atoms with Gasteiger partial charge in [0.05, 0.1) is 0 Å². The van der Waals surface area contributed by atoms with Gasteiger partial charge in [0.1, 0.15) is 0 Å². The van der Waals surface area contributed by atoms with Crippen molar-refractivity contribution in [2.24, 2.45) is 11.8 Å². The molecule has 0 aromatic rings. The van der Waals surface area contributed by atoms with E-state index in [1.165, 1.54) is 32.2 Å². The van der Waals surface area contributed by atoms with Gasteiger partial charge in [-0.1, -0.05) is 53.4 Å². The van der Waals surface area contributed by atoms with E-state index < -0.39 is 0 Å². The van der Waals surface area contributed by atoms with Gasteiger partial charge in [0.2, 0.25) is 0 Å². The van der Waals surface area contributed by atoms with Gasteiger partial charge in [0.25, 0.3) is 0 Å². The molecule has 0 heterocycles. The molecule has 0 radical (unpaired) electrons. The van der Waals surface area contributed by atoms with Gasteiger partial charge in [-0.05, 0) is 25.3 Å². The van der Waals surface area contributed by atoms with E-state index in [2.05, 4.69) is 39.9 Å². The summed E-state index contributed by atoms with van der Waals surface area (Å²) in [6.45, 7) is 12.7. The van der Waals surface area contributed by atoms with Gasteiger partial charge in [-0.25, -0.2) is 0 Å². The van der Waals surface area contributed by atoms with Crippen LogP contribution in [0, 0.1) is 11.8 Å². The fourth-order valence-corrected chi connectivity index (χ4v) is 2.09. The molecule has 0 fully saturated rings. The van der Waals surface area contributed by atoms with Crippen LogP contribution in [0.15, 0.2) is 0 Å². The van der Waals surface area contributed by atoms with Crippen LogP contribution < -0.4 is 5.32 Å². The first kappa shape index (κ1) is 14.0. The highest BCUT2D eigenvalue weighted by Gasteiger charge is 2.13. The first-order chi connectivity index (χ1) is 6.69. The Bertz CT molecular complexity index is 114. The molecule has 14 heavy (non-hydrogen) atoms. The van der Waals surface area contributed by atoms with E-state index in [1.807, 2.05) is 0 Å². The number of nitrogens with one attached hydrogen (secondary N) is 1. The van der Waals surface area contributed by atoms with Crippen molar-refractivity contribution in [3.05, 3.63) is 0 Å². The summed E-state index contributed by atoms with van der Waals surface area (Å²) in [7, 11) is 0. The Kier molecular flexibility index (Phi) is 8.26. The molecule has 0 aliphatic carbocycles. The molecule has 1 N–H and O–H groups in total. The molecular formula is C13H29N. The van der Waals surface area contributed by atoms with E-state index >= 15 is 0 Å². The molecule has 0 aliphatic heterocycles. The third-order valence-electron chi connectivity index (χ3n) is 3.64. The Morgan fingerprint density at radius 3 is 1.71 bits per heavy atom. The molecule has 0 spiro atoms. The van der Waals surface area contributed by atoms with Crippen LogP contribution in [0.3, 0.4) is 0 Å². The zero-order valence-corrected chi connectivity index (χ0v) is 10.8. The van der Waals surface area contributed by atoms with Crippen molar-refractivity contribution in [1.82, 2.24) is 5.32 Å². The maximum Gasteiger partial charge on any atom is 0.00669 e. The van der Waals surface area contributed by atoms with E-state index in [1.54, 1.807) is 0 Å². The fourth-order valence-electron chi connectivity index (χ4n) is 2.09. The summed E-state index contributed by atoms with van der Waals surface area (Å²) in [5.41, 5.74) is 0. The summed E-state index contributed by atoms with van der Waals surface area (Å²) in [6.07, 6.45) is 5.21. The molecule has 86 valence electrons. The lowest BCUT2D eigenvalue weighted by Crippen LogP contribution is -2.36. The van der Waals surface area contributed by atoms with Crippen LogP contribution >= 0.6 is 0 Å². The van der Waals surface area contributed by atoms with Crippen LogP contribution in [-0.2, 0) is 0 Å². The largest absolute Gasteiger partial charge is 0.314 e. The predicted molar refractivity (Wildman–Crippen MR) is 65.6 cm³/mol. The van der Waals surface area contributed by atoms with Gasteiger partial charge in [0.15, 0.2) is 0 Å². The molecule has 1 atom stereocenters. The zero-order chi connectivity index (χ0) is 11.0. The normalized spacial score (nSPS) is 13.9. The minimum absolute atomic E-state index is 0.686. The smallest absolute Gasteiger partial charge is 0.00669 e. The van der Waals surface area contributed by atoms with Gasteiger partial charge in [-0.3, -0.25) is 0 Å². The lowest BCUT2D eigenvalue weighted by atomic mass is 9.94. The highest BCUT2D eigenvalue weighted by atomic mass is 14.9. The molecular weight excluding hydrogens is 170 g/mol. The first-order valence-corrected chi connectivity index (χ1v) is 6.42. The van der Waals surface area contributed by atoms with Crippen LogP contribution in [0.5, 0.6) is 0 Å². The number of hydrogen-bond donors (Lipinski definition) is 1. The van der Waals surface area contributed by atoms with Crippen molar-refractivity contribution in [2.45, 2.75) is 66.3 Å². The van der Waals surface area contributed by atoms with E-state index in [-0.39, 0.29) is 0 Å². The van der Waals surface area contributed by atoms with E-state index in [9.17, 15) is 0 Å². The van der Waals surface area contributed by atoms with E-state index in [4.69, 9.17) is 0 Å². The Balaban J connectivity index is 3.75. The zero-order valence-electron chi connectivity index (χ0n) is 10.8. The highest BCUT2D eigenvalue weighted by molar-refractivity contribution is 4.71. The topological polar surface area (TPSA) is 12.0 Å². The highest BCUT2D eigenvalue weighted by Crippen LogP contribution is 2.13. The molecule has 0 aromatic heterocycles. The number of rotatable bonds is 8. The quantitative estimate of drug-likeness (QED) is 0.626. The second-order valence-corrected chi connectivity index (χ2v) is 4.46. The second kappa shape index (κ2) is 8.28. The molecule has 0 bridgehead atoms. The molecule has 1 heteroatoms. The molecule has 0 saturated carbocycles. The maximum absolute atomic E-state index is 3.69. The van der Waals surface area contributed by atoms with Crippen molar-refractivity contribution in [3.63, 3.8) is 0 Å². The third kappa shape index (κ3) is 4.99. The molecule has 1 nitrogen and oxygen atoms in total. The summed E-state index contributed by atoms with van der Waals surface area (Å²) < 4.78 is 0. The van der Waals surface area contributed by atoms with E-state index in [0.29, 0.717) is 6.04 Å². The SMILES string of the molecule is CCC(CC)CNC(C)C(CC)CC. The summed E-state index contributed by atoms with van der Waals surface area (Å²) in [4.78, 5) is 0. The van der Waals surface area contributed by atoms with Crippen molar-refractivity contribution in [2.75, 3.05) is 6.54 Å². The second-order valence-electron chi connectivity index (χ2n) is 4.46. The average Bonchev–Trinajstić information content (AvgIpc) is 2.21. The molecule has 0 rings (SSSR count). The molecule has 0 saturated heterocycles. The van der Waals surface area contributed by atoms with Crippen molar-refractivity contribution in [1.29, 1.82) is 0 Å². The Morgan fingerprint density at radius 2 is 1.36 bits per heavy atom. The summed E-state index contributed by atoms with van der Waals surface area (Å²) >= 11 is 0. The van der Waals surface area contributed by atoms with Crippen molar-refractivity contribution in [3.8, 4) is 0 Å². The monoisotopic (exact) mass is 199 g/mol. The third-order valence-corrected chi connectivity index (χ3v) is 3.64. The van der Waals surface area contributed by atoms with Crippen LogP contribution in [0.2, 0.25) is 0 Å². The predicted octanol–water partition coefficient (Wildman–Crippen LogP) is 3.84. The van der Waals surface area contributed by atoms with Crippen LogP contribution in [0.4, 0.5) is 0 Å². The standard InChI is InChI=1S/C13H29N/c1-6-12(7-2)10-14-11(5)13(8-3)9-4/h11-14H,6-10H2,1-5H3. The summed E-state index contributed by atoms with van der Waals surface area (Å²) in [5.74, 6) is 1.72. The minimum Gasteiger partial charge on any atom is -0.314 e. The minimum atomic E-state index is 0.686. The van der Waals surface area contributed by atoms with Crippen molar-refractivity contribution < 1.29 is 0 Å². The van der Waals surface area contributed by atoms with Crippen LogP contribution in [0.25, 0.3) is 0 Å². The Hall–Kier alpha value is -0.0400. The fraction of sp³-hybridized carbons (Fsp3) is 1.00. The van der Waals surface area contributed by atoms with Gasteiger partial charge < -0.3 is 5.32 Å². The molecule has 0 aromatic carbocycles. The van der Waals surface area contributed by atoms with Gasteiger partial charge >= 0.3 is 0 Å². The Labute approximate surface area is 90.7 Å². The molecule has 0 aliphatic rings. The van der Waals surface area contributed by atoms with Crippen LogP contribution in [0.1, 0.15) is 60.3 Å². The van der Waals surface area contributed by atoms with Crippen molar-refractivity contribution >= 4 is 0 Å². The first-order valence-electron chi connectivity index (χ1n) is 6.42. The summed E-state index contributed by atoms with van der Waals surface area (Å²) in [5, 5.41) is 3.69.